The summed E-state index contributed by atoms with van der Waals surface area (Å²) in [5, 5.41) is 14.0. The van der Waals surface area contributed by atoms with Crippen LogP contribution in [0.15, 0.2) is 60.9 Å². The van der Waals surface area contributed by atoms with Crippen LogP contribution < -0.4 is 5.32 Å². The molecule has 0 spiro atoms. The molecule has 0 radical (unpaired) electrons. The third kappa shape index (κ3) is 4.71. The molecule has 4 rings (SSSR count). The minimum absolute atomic E-state index is 0.0548. The lowest BCUT2D eigenvalue weighted by molar-refractivity contribution is -0.152. The summed E-state index contributed by atoms with van der Waals surface area (Å²) in [6.45, 7) is -0.342. The number of hydrogen-bond donors (Lipinski definition) is 1. The van der Waals surface area contributed by atoms with Crippen LogP contribution in [-0.2, 0) is 27.2 Å². The van der Waals surface area contributed by atoms with E-state index in [9.17, 15) is 9.59 Å². The van der Waals surface area contributed by atoms with Gasteiger partial charge in [-0.15, -0.1) is 5.10 Å². The molecule has 1 heterocycles. The summed E-state index contributed by atoms with van der Waals surface area (Å²) in [7, 11) is 0. The first kappa shape index (κ1) is 19.8. The van der Waals surface area contributed by atoms with Gasteiger partial charge in [-0.25, -0.2) is 9.48 Å². The number of rotatable bonds is 7. The molecule has 8 heteroatoms. The number of fused-ring (bicyclic) bond motifs is 1. The second-order valence-corrected chi connectivity index (χ2v) is 7.31. The number of hydrogen-bond acceptors (Lipinski definition) is 6. The Morgan fingerprint density at radius 2 is 1.93 bits per heavy atom. The molecule has 3 aromatic rings. The van der Waals surface area contributed by atoms with E-state index in [4.69, 9.17) is 4.74 Å². The monoisotopic (exact) mass is 405 g/mol. The van der Waals surface area contributed by atoms with E-state index in [1.807, 2.05) is 48.5 Å². The van der Waals surface area contributed by atoms with Gasteiger partial charge in [-0.05, 0) is 46.4 Å². The van der Waals surface area contributed by atoms with Crippen LogP contribution in [0, 0.1) is 0 Å². The molecule has 1 aliphatic rings. The molecule has 0 unspecified atom stereocenters. The van der Waals surface area contributed by atoms with Crippen molar-refractivity contribution in [3.05, 3.63) is 77.6 Å². The van der Waals surface area contributed by atoms with E-state index in [1.165, 1.54) is 16.6 Å². The average Bonchev–Trinajstić information content (AvgIpc) is 3.31. The van der Waals surface area contributed by atoms with Gasteiger partial charge in [0.1, 0.15) is 6.33 Å². The van der Waals surface area contributed by atoms with Crippen molar-refractivity contribution in [1.82, 2.24) is 25.5 Å². The first-order chi connectivity index (χ1) is 14.7. The lowest BCUT2D eigenvalue weighted by atomic mass is 9.88. The number of aromatic nitrogens is 4. The zero-order chi connectivity index (χ0) is 20.8. The number of benzene rings is 2. The smallest absolute Gasteiger partial charge is 0.331 e. The highest BCUT2D eigenvalue weighted by atomic mass is 16.5. The SMILES string of the molecule is O=C(COC(=O)[C@H](Cc1ccccc1)n1cnnn1)N[C@H]1CCCc2ccccc21. The van der Waals surface area contributed by atoms with Crippen molar-refractivity contribution in [2.75, 3.05) is 6.61 Å². The molecule has 0 fully saturated rings. The second-order valence-electron chi connectivity index (χ2n) is 7.31. The number of nitrogens with zero attached hydrogens (tertiary/aromatic N) is 4. The van der Waals surface area contributed by atoms with Crippen molar-refractivity contribution in [3.8, 4) is 0 Å². The molecule has 1 N–H and O–H groups in total. The highest BCUT2D eigenvalue weighted by molar-refractivity contribution is 5.82. The molecule has 1 aliphatic carbocycles. The standard InChI is InChI=1S/C22H23N5O3/c28-21(24-19-12-6-10-17-9-4-5-11-18(17)19)14-30-22(29)20(27-15-23-25-26-27)13-16-7-2-1-3-8-16/h1-5,7-9,11,15,19-20H,6,10,12-14H2,(H,24,28)/t19-,20-/m0/s1. The Balaban J connectivity index is 1.37. The van der Waals surface area contributed by atoms with E-state index < -0.39 is 12.0 Å². The normalized spacial score (nSPS) is 16.3. The molecule has 2 aromatic carbocycles. The molecule has 1 amide bonds. The molecule has 0 saturated carbocycles. The minimum atomic E-state index is -0.745. The Morgan fingerprint density at radius 3 is 2.73 bits per heavy atom. The van der Waals surface area contributed by atoms with Gasteiger partial charge in [0.05, 0.1) is 6.04 Å². The van der Waals surface area contributed by atoms with Crippen LogP contribution >= 0.6 is 0 Å². The number of tetrazole rings is 1. The van der Waals surface area contributed by atoms with Crippen LogP contribution in [0.3, 0.4) is 0 Å². The number of amides is 1. The Kier molecular flexibility index (Phi) is 6.12. The van der Waals surface area contributed by atoms with E-state index in [1.54, 1.807) is 0 Å². The fraction of sp³-hybridized carbons (Fsp3) is 0.318. The maximum atomic E-state index is 12.7. The van der Waals surface area contributed by atoms with Crippen LogP contribution in [0.2, 0.25) is 0 Å². The number of esters is 1. The summed E-state index contributed by atoms with van der Waals surface area (Å²) in [5.74, 6) is -0.870. The quantitative estimate of drug-likeness (QED) is 0.605. The first-order valence-electron chi connectivity index (χ1n) is 10.0. The molecular formula is C22H23N5O3. The molecule has 30 heavy (non-hydrogen) atoms. The van der Waals surface area contributed by atoms with Gasteiger partial charge < -0.3 is 10.1 Å². The van der Waals surface area contributed by atoms with Gasteiger partial charge in [-0.3, -0.25) is 4.79 Å². The summed E-state index contributed by atoms with van der Waals surface area (Å²) >= 11 is 0. The van der Waals surface area contributed by atoms with Crippen LogP contribution in [0.1, 0.15) is 41.6 Å². The van der Waals surface area contributed by atoms with Crippen molar-refractivity contribution < 1.29 is 14.3 Å². The van der Waals surface area contributed by atoms with Crippen molar-refractivity contribution in [1.29, 1.82) is 0 Å². The zero-order valence-electron chi connectivity index (χ0n) is 16.5. The Hall–Kier alpha value is -3.55. The third-order valence-corrected chi connectivity index (χ3v) is 5.28. The maximum absolute atomic E-state index is 12.7. The lowest BCUT2D eigenvalue weighted by Crippen LogP contribution is -2.35. The molecular weight excluding hydrogens is 382 g/mol. The van der Waals surface area contributed by atoms with Crippen LogP contribution in [-0.4, -0.2) is 38.7 Å². The predicted octanol–water partition coefficient (Wildman–Crippen LogP) is 2.19. The zero-order valence-corrected chi connectivity index (χ0v) is 16.5. The van der Waals surface area contributed by atoms with Gasteiger partial charge in [-0.1, -0.05) is 54.6 Å². The number of aryl methyl sites for hydroxylation is 1. The fourth-order valence-corrected chi connectivity index (χ4v) is 3.81. The van der Waals surface area contributed by atoms with Crippen molar-refractivity contribution in [2.24, 2.45) is 0 Å². The van der Waals surface area contributed by atoms with Gasteiger partial charge in [0, 0.05) is 6.42 Å². The fourth-order valence-electron chi connectivity index (χ4n) is 3.81. The molecule has 2 atom stereocenters. The van der Waals surface area contributed by atoms with Crippen molar-refractivity contribution >= 4 is 11.9 Å². The Morgan fingerprint density at radius 1 is 1.13 bits per heavy atom. The largest absolute Gasteiger partial charge is 0.454 e. The van der Waals surface area contributed by atoms with E-state index in [0.29, 0.717) is 6.42 Å². The van der Waals surface area contributed by atoms with Gasteiger partial charge in [-0.2, -0.15) is 0 Å². The highest BCUT2D eigenvalue weighted by Gasteiger charge is 2.26. The average molecular weight is 405 g/mol. The van der Waals surface area contributed by atoms with Crippen LogP contribution in [0.25, 0.3) is 0 Å². The summed E-state index contributed by atoms with van der Waals surface area (Å²) in [6, 6.07) is 16.8. The predicted molar refractivity (Wildman–Crippen MR) is 108 cm³/mol. The van der Waals surface area contributed by atoms with E-state index in [0.717, 1.165) is 30.4 Å². The molecule has 0 saturated heterocycles. The summed E-state index contributed by atoms with van der Waals surface area (Å²) < 4.78 is 6.68. The Bertz CT molecular complexity index is 991. The minimum Gasteiger partial charge on any atom is -0.454 e. The topological polar surface area (TPSA) is 99.0 Å². The third-order valence-electron chi connectivity index (χ3n) is 5.28. The number of carbonyl (C=O) groups excluding carboxylic acids is 2. The van der Waals surface area contributed by atoms with Crippen LogP contribution in [0.5, 0.6) is 0 Å². The molecule has 0 aliphatic heterocycles. The summed E-state index contributed by atoms with van der Waals surface area (Å²) in [6.07, 6.45) is 4.64. The lowest BCUT2D eigenvalue weighted by Gasteiger charge is -2.26. The summed E-state index contributed by atoms with van der Waals surface area (Å²) in [4.78, 5) is 25.2. The highest BCUT2D eigenvalue weighted by Crippen LogP contribution is 2.29. The summed E-state index contributed by atoms with van der Waals surface area (Å²) in [5.41, 5.74) is 3.34. The van der Waals surface area contributed by atoms with Gasteiger partial charge in [0.25, 0.3) is 5.91 Å². The van der Waals surface area contributed by atoms with Gasteiger partial charge in [0.15, 0.2) is 12.6 Å². The molecule has 0 bridgehead atoms. The maximum Gasteiger partial charge on any atom is 0.331 e. The number of ether oxygens (including phenoxy) is 1. The molecule has 1 aromatic heterocycles. The number of carbonyl (C=O) groups is 2. The van der Waals surface area contributed by atoms with Gasteiger partial charge >= 0.3 is 5.97 Å². The molecule has 8 nitrogen and oxygen atoms in total. The van der Waals surface area contributed by atoms with E-state index in [2.05, 4.69) is 26.9 Å². The van der Waals surface area contributed by atoms with Gasteiger partial charge in [0.2, 0.25) is 0 Å². The number of nitrogens with one attached hydrogen (secondary N) is 1. The molecule has 154 valence electrons. The van der Waals surface area contributed by atoms with E-state index >= 15 is 0 Å². The van der Waals surface area contributed by atoms with Crippen molar-refractivity contribution in [2.45, 2.75) is 37.8 Å². The second kappa shape index (κ2) is 9.30. The van der Waals surface area contributed by atoms with E-state index in [-0.39, 0.29) is 18.6 Å². The Labute approximate surface area is 174 Å². The van der Waals surface area contributed by atoms with Crippen molar-refractivity contribution in [3.63, 3.8) is 0 Å². The first-order valence-corrected chi connectivity index (χ1v) is 10.0. The van der Waals surface area contributed by atoms with Crippen LogP contribution in [0.4, 0.5) is 0 Å².